The minimum atomic E-state index is 0. The molecular formula is C19H28BrClN2O. The molecule has 134 valence electrons. The molecule has 1 saturated carbocycles. The van der Waals surface area contributed by atoms with Gasteiger partial charge in [-0.3, -0.25) is 4.79 Å². The first-order chi connectivity index (χ1) is 11.1. The monoisotopic (exact) mass is 414 g/mol. The van der Waals surface area contributed by atoms with Crippen LogP contribution < -0.4 is 10.6 Å². The molecule has 0 bridgehead atoms. The van der Waals surface area contributed by atoms with Gasteiger partial charge in [0.1, 0.15) is 0 Å². The summed E-state index contributed by atoms with van der Waals surface area (Å²) in [4.78, 5) is 12.3. The van der Waals surface area contributed by atoms with Crippen LogP contribution in [0.2, 0.25) is 0 Å². The third kappa shape index (κ3) is 4.74. The molecule has 1 aromatic carbocycles. The van der Waals surface area contributed by atoms with E-state index < -0.39 is 0 Å². The first kappa shape index (κ1) is 19.7. The molecule has 2 aliphatic rings. The molecule has 1 aromatic rings. The number of piperidine rings is 1. The van der Waals surface area contributed by atoms with Crippen LogP contribution in [0.25, 0.3) is 0 Å². The number of nitrogens with one attached hydrogen (secondary N) is 2. The summed E-state index contributed by atoms with van der Waals surface area (Å²) >= 11 is 3.65. The summed E-state index contributed by atoms with van der Waals surface area (Å²) in [6.07, 6.45) is 5.40. The summed E-state index contributed by atoms with van der Waals surface area (Å²) in [5, 5.41) is 6.60. The largest absolute Gasteiger partial charge is 0.355 e. The van der Waals surface area contributed by atoms with Crippen LogP contribution >= 0.6 is 28.3 Å². The van der Waals surface area contributed by atoms with Gasteiger partial charge in [-0.05, 0) is 62.2 Å². The highest BCUT2D eigenvalue weighted by molar-refractivity contribution is 9.10. The smallest absolute Gasteiger partial charge is 0.220 e. The maximum atomic E-state index is 12.3. The molecule has 5 heteroatoms. The number of hydrogen-bond donors (Lipinski definition) is 2. The second-order valence-electron chi connectivity index (χ2n) is 7.31. The standard InChI is InChI=1S/C19H27BrN2O.ClH/c1-14(15-6-10-21-11-7-15)12-18(23)22-13-19(8-9-19)16-4-2-3-5-17(16)20;/h2-5,14-15,21H,6-13H2,1H3,(H,22,23);1H. The van der Waals surface area contributed by atoms with E-state index in [1.807, 2.05) is 6.07 Å². The Labute approximate surface area is 159 Å². The Kier molecular flexibility index (Phi) is 7.14. The van der Waals surface area contributed by atoms with E-state index in [-0.39, 0.29) is 23.7 Å². The lowest BCUT2D eigenvalue weighted by molar-refractivity contribution is -0.122. The fourth-order valence-corrected chi connectivity index (χ4v) is 4.50. The number of benzene rings is 1. The van der Waals surface area contributed by atoms with Crippen molar-refractivity contribution in [2.75, 3.05) is 19.6 Å². The summed E-state index contributed by atoms with van der Waals surface area (Å²) < 4.78 is 1.16. The molecule has 1 heterocycles. The predicted octanol–water partition coefficient (Wildman–Crippen LogP) is 4.04. The fourth-order valence-electron chi connectivity index (χ4n) is 3.80. The van der Waals surface area contributed by atoms with Gasteiger partial charge in [-0.15, -0.1) is 12.4 Å². The Morgan fingerprint density at radius 2 is 2.00 bits per heavy atom. The van der Waals surface area contributed by atoms with E-state index in [9.17, 15) is 4.79 Å². The summed E-state index contributed by atoms with van der Waals surface area (Å²) in [6.45, 7) is 5.20. The molecule has 1 aliphatic heterocycles. The van der Waals surface area contributed by atoms with Crippen LogP contribution in [0, 0.1) is 11.8 Å². The number of rotatable bonds is 6. The minimum Gasteiger partial charge on any atom is -0.355 e. The molecule has 1 saturated heterocycles. The van der Waals surface area contributed by atoms with E-state index in [1.165, 1.54) is 31.2 Å². The first-order valence-corrected chi connectivity index (χ1v) is 9.62. The lowest BCUT2D eigenvalue weighted by atomic mass is 9.84. The summed E-state index contributed by atoms with van der Waals surface area (Å²) in [5.41, 5.74) is 1.50. The molecule has 1 atom stereocenters. The summed E-state index contributed by atoms with van der Waals surface area (Å²) in [5.74, 6) is 1.39. The van der Waals surface area contributed by atoms with Crippen LogP contribution in [0.3, 0.4) is 0 Å². The van der Waals surface area contributed by atoms with Gasteiger partial charge in [-0.2, -0.15) is 0 Å². The van der Waals surface area contributed by atoms with Crippen LogP contribution in [-0.2, 0) is 10.2 Å². The van der Waals surface area contributed by atoms with Crippen molar-refractivity contribution in [3.63, 3.8) is 0 Å². The van der Waals surface area contributed by atoms with Crippen LogP contribution in [-0.4, -0.2) is 25.5 Å². The van der Waals surface area contributed by atoms with Gasteiger partial charge in [-0.25, -0.2) is 0 Å². The Balaban J connectivity index is 0.00000208. The van der Waals surface area contributed by atoms with Crippen molar-refractivity contribution < 1.29 is 4.79 Å². The fraction of sp³-hybridized carbons (Fsp3) is 0.632. The Morgan fingerprint density at radius 1 is 1.33 bits per heavy atom. The number of amides is 1. The van der Waals surface area contributed by atoms with Crippen molar-refractivity contribution in [3.8, 4) is 0 Å². The lowest BCUT2D eigenvalue weighted by Crippen LogP contribution is -2.36. The maximum absolute atomic E-state index is 12.3. The predicted molar refractivity (Wildman–Crippen MR) is 105 cm³/mol. The molecular weight excluding hydrogens is 388 g/mol. The van der Waals surface area contributed by atoms with Crippen LogP contribution in [0.15, 0.2) is 28.7 Å². The molecule has 2 fully saturated rings. The lowest BCUT2D eigenvalue weighted by Gasteiger charge is -2.28. The topological polar surface area (TPSA) is 41.1 Å². The van der Waals surface area contributed by atoms with Crippen molar-refractivity contribution in [2.24, 2.45) is 11.8 Å². The van der Waals surface area contributed by atoms with Crippen molar-refractivity contribution >= 4 is 34.2 Å². The zero-order chi connectivity index (χ0) is 16.3. The molecule has 24 heavy (non-hydrogen) atoms. The van der Waals surface area contributed by atoms with Gasteiger partial charge in [0.25, 0.3) is 0 Å². The molecule has 2 N–H and O–H groups in total. The van der Waals surface area contributed by atoms with Crippen LogP contribution in [0.4, 0.5) is 0 Å². The second kappa shape index (κ2) is 8.68. The van der Waals surface area contributed by atoms with E-state index >= 15 is 0 Å². The molecule has 0 spiro atoms. The Morgan fingerprint density at radius 3 is 2.62 bits per heavy atom. The average Bonchev–Trinajstić information content (AvgIpc) is 3.35. The van der Waals surface area contributed by atoms with Gasteiger partial charge in [0, 0.05) is 22.9 Å². The van der Waals surface area contributed by atoms with Gasteiger partial charge in [0.2, 0.25) is 5.91 Å². The molecule has 1 unspecified atom stereocenters. The number of halogens is 2. The Hall–Kier alpha value is -0.580. The van der Waals surface area contributed by atoms with E-state index in [2.05, 4.69) is 51.7 Å². The van der Waals surface area contributed by atoms with Crippen molar-refractivity contribution in [1.82, 2.24) is 10.6 Å². The van der Waals surface area contributed by atoms with Gasteiger partial charge in [0.05, 0.1) is 0 Å². The molecule has 3 nitrogen and oxygen atoms in total. The highest BCUT2D eigenvalue weighted by Crippen LogP contribution is 2.49. The molecule has 3 rings (SSSR count). The number of hydrogen-bond acceptors (Lipinski definition) is 2. The number of carbonyl (C=O) groups is 1. The highest BCUT2D eigenvalue weighted by Gasteiger charge is 2.45. The van der Waals surface area contributed by atoms with Crippen LogP contribution in [0.5, 0.6) is 0 Å². The second-order valence-corrected chi connectivity index (χ2v) is 8.16. The molecule has 1 amide bonds. The van der Waals surface area contributed by atoms with E-state index in [0.29, 0.717) is 18.3 Å². The summed E-state index contributed by atoms with van der Waals surface area (Å²) in [7, 11) is 0. The normalized spacial score (nSPS) is 20.8. The quantitative estimate of drug-likeness (QED) is 0.736. The zero-order valence-electron chi connectivity index (χ0n) is 14.3. The highest BCUT2D eigenvalue weighted by atomic mass is 79.9. The molecule has 0 radical (unpaired) electrons. The first-order valence-electron chi connectivity index (χ1n) is 8.83. The van der Waals surface area contributed by atoms with E-state index in [1.54, 1.807) is 0 Å². The molecule has 1 aliphatic carbocycles. The molecule has 0 aromatic heterocycles. The van der Waals surface area contributed by atoms with Gasteiger partial charge < -0.3 is 10.6 Å². The van der Waals surface area contributed by atoms with Gasteiger partial charge in [0.15, 0.2) is 0 Å². The SMILES string of the molecule is CC(CC(=O)NCC1(c2ccccc2Br)CC1)C1CCNCC1.Cl. The maximum Gasteiger partial charge on any atom is 0.220 e. The van der Waals surface area contributed by atoms with E-state index in [4.69, 9.17) is 0 Å². The van der Waals surface area contributed by atoms with Crippen molar-refractivity contribution in [3.05, 3.63) is 34.3 Å². The van der Waals surface area contributed by atoms with Gasteiger partial charge >= 0.3 is 0 Å². The van der Waals surface area contributed by atoms with Gasteiger partial charge in [-0.1, -0.05) is 41.1 Å². The minimum absolute atomic E-state index is 0. The third-order valence-corrected chi connectivity index (χ3v) is 6.31. The van der Waals surface area contributed by atoms with E-state index in [0.717, 1.165) is 24.1 Å². The summed E-state index contributed by atoms with van der Waals surface area (Å²) in [6, 6.07) is 8.40. The Bertz CT molecular complexity index is 556. The zero-order valence-corrected chi connectivity index (χ0v) is 16.7. The van der Waals surface area contributed by atoms with Crippen LogP contribution in [0.1, 0.15) is 44.6 Å². The third-order valence-electron chi connectivity index (χ3n) is 5.62. The van der Waals surface area contributed by atoms with Crippen molar-refractivity contribution in [2.45, 2.75) is 44.4 Å². The number of carbonyl (C=O) groups excluding carboxylic acids is 1. The average molecular weight is 416 g/mol. The van der Waals surface area contributed by atoms with Crippen molar-refractivity contribution in [1.29, 1.82) is 0 Å².